The number of amides is 2. The number of anilines is 1. The van der Waals surface area contributed by atoms with E-state index in [0.29, 0.717) is 30.0 Å². The van der Waals surface area contributed by atoms with Crippen molar-refractivity contribution >= 4 is 27.5 Å². The van der Waals surface area contributed by atoms with Gasteiger partial charge in [-0.25, -0.2) is 12.8 Å². The van der Waals surface area contributed by atoms with E-state index in [0.717, 1.165) is 10.6 Å². The molecule has 0 aliphatic heterocycles. The SMILES string of the molecule is CCOc1ccc(N(CC(=O)N(Cc2ccc(F)cc2)[C@H](C)C(=O)N[C@H](C)CC)S(C)(=O)=O)cc1. The maximum atomic E-state index is 13.5. The molecule has 192 valence electrons. The fraction of sp³-hybridized carbons (Fsp3) is 0.440. The fourth-order valence-electron chi connectivity index (χ4n) is 3.32. The van der Waals surface area contributed by atoms with Crippen molar-refractivity contribution in [1.29, 1.82) is 0 Å². The molecule has 1 N–H and O–H groups in total. The molecule has 35 heavy (non-hydrogen) atoms. The lowest BCUT2D eigenvalue weighted by atomic mass is 10.1. The Bertz CT molecular complexity index is 1090. The number of ether oxygens (including phenoxy) is 1. The highest BCUT2D eigenvalue weighted by Gasteiger charge is 2.30. The molecule has 8 nitrogen and oxygen atoms in total. The number of hydrogen-bond acceptors (Lipinski definition) is 5. The largest absolute Gasteiger partial charge is 0.494 e. The van der Waals surface area contributed by atoms with Crippen molar-refractivity contribution in [3.63, 3.8) is 0 Å². The minimum Gasteiger partial charge on any atom is -0.494 e. The summed E-state index contributed by atoms with van der Waals surface area (Å²) in [6.45, 7) is 7.17. The van der Waals surface area contributed by atoms with Crippen LogP contribution in [0, 0.1) is 5.82 Å². The van der Waals surface area contributed by atoms with Gasteiger partial charge in [0.1, 0.15) is 24.2 Å². The van der Waals surface area contributed by atoms with E-state index in [1.54, 1.807) is 31.2 Å². The standard InChI is InChI=1S/C25H34FN3O5S/c1-6-18(3)27-25(31)19(4)28(16-20-8-10-21(26)11-9-20)24(30)17-29(35(5,32)33)22-12-14-23(15-13-22)34-7-2/h8-15,18-19H,6-7,16-17H2,1-5H3,(H,27,31)/t18-,19-/m1/s1. The molecule has 0 aliphatic carbocycles. The summed E-state index contributed by atoms with van der Waals surface area (Å²) in [5.41, 5.74) is 0.901. The van der Waals surface area contributed by atoms with Gasteiger partial charge in [-0.1, -0.05) is 19.1 Å². The van der Waals surface area contributed by atoms with Gasteiger partial charge in [0.05, 0.1) is 18.6 Å². The molecule has 2 aromatic carbocycles. The molecule has 0 saturated carbocycles. The van der Waals surface area contributed by atoms with Gasteiger partial charge in [0.2, 0.25) is 21.8 Å². The molecule has 0 spiro atoms. The molecule has 10 heteroatoms. The van der Waals surface area contributed by atoms with Crippen LogP contribution in [0.2, 0.25) is 0 Å². The summed E-state index contributed by atoms with van der Waals surface area (Å²) in [6, 6.07) is 11.0. The third-order valence-electron chi connectivity index (χ3n) is 5.55. The number of nitrogens with one attached hydrogen (secondary N) is 1. The van der Waals surface area contributed by atoms with E-state index >= 15 is 0 Å². The Morgan fingerprint density at radius 1 is 1.03 bits per heavy atom. The van der Waals surface area contributed by atoms with Crippen LogP contribution in [0.15, 0.2) is 48.5 Å². The Morgan fingerprint density at radius 3 is 2.14 bits per heavy atom. The van der Waals surface area contributed by atoms with Gasteiger partial charge in [0.15, 0.2) is 0 Å². The lowest BCUT2D eigenvalue weighted by Crippen LogP contribution is -2.52. The number of benzene rings is 2. The Labute approximate surface area is 207 Å². The first-order chi connectivity index (χ1) is 16.5. The van der Waals surface area contributed by atoms with Gasteiger partial charge in [0.25, 0.3) is 0 Å². The normalized spacial score (nSPS) is 13.0. The van der Waals surface area contributed by atoms with Crippen LogP contribution >= 0.6 is 0 Å². The lowest BCUT2D eigenvalue weighted by Gasteiger charge is -2.32. The lowest BCUT2D eigenvalue weighted by molar-refractivity contribution is -0.139. The van der Waals surface area contributed by atoms with Crippen molar-refractivity contribution in [2.75, 3.05) is 23.7 Å². The van der Waals surface area contributed by atoms with E-state index in [1.165, 1.54) is 29.2 Å². The van der Waals surface area contributed by atoms with E-state index in [1.807, 2.05) is 20.8 Å². The first kappa shape index (κ1) is 28.1. The monoisotopic (exact) mass is 507 g/mol. The molecule has 0 unspecified atom stereocenters. The second kappa shape index (κ2) is 12.5. The summed E-state index contributed by atoms with van der Waals surface area (Å²) < 4.78 is 45.0. The van der Waals surface area contributed by atoms with E-state index in [-0.39, 0.29) is 18.5 Å². The van der Waals surface area contributed by atoms with Gasteiger partial charge in [-0.15, -0.1) is 0 Å². The van der Waals surface area contributed by atoms with Gasteiger partial charge in [-0.05, 0) is 69.2 Å². The van der Waals surface area contributed by atoms with Crippen LogP contribution < -0.4 is 14.4 Å². The second-order valence-corrected chi connectivity index (χ2v) is 10.2. The number of carbonyl (C=O) groups excluding carboxylic acids is 2. The average Bonchev–Trinajstić information content (AvgIpc) is 2.81. The molecule has 0 aromatic heterocycles. The third kappa shape index (κ3) is 8.24. The van der Waals surface area contributed by atoms with Gasteiger partial charge >= 0.3 is 0 Å². The van der Waals surface area contributed by atoms with Gasteiger partial charge in [0, 0.05) is 12.6 Å². The van der Waals surface area contributed by atoms with Crippen molar-refractivity contribution in [3.05, 3.63) is 59.9 Å². The zero-order valence-electron chi connectivity index (χ0n) is 20.8. The van der Waals surface area contributed by atoms with Crippen molar-refractivity contribution in [3.8, 4) is 5.75 Å². The fourth-order valence-corrected chi connectivity index (χ4v) is 4.17. The Kier molecular flexibility index (Phi) is 10.1. The molecule has 0 bridgehead atoms. The smallest absolute Gasteiger partial charge is 0.244 e. The summed E-state index contributed by atoms with van der Waals surface area (Å²) in [5.74, 6) is -0.778. The molecule has 0 radical (unpaired) electrons. The van der Waals surface area contributed by atoms with Crippen molar-refractivity contribution in [2.24, 2.45) is 0 Å². The maximum Gasteiger partial charge on any atom is 0.244 e. The summed E-state index contributed by atoms with van der Waals surface area (Å²) in [4.78, 5) is 27.6. The Hall–Kier alpha value is -3.14. The molecule has 0 aliphatic rings. The minimum atomic E-state index is -3.82. The highest BCUT2D eigenvalue weighted by Crippen LogP contribution is 2.22. The predicted molar refractivity (Wildman–Crippen MR) is 134 cm³/mol. The number of halogens is 1. The summed E-state index contributed by atoms with van der Waals surface area (Å²) in [5, 5.41) is 2.85. The van der Waals surface area contributed by atoms with E-state index in [9.17, 15) is 22.4 Å². The molecule has 0 heterocycles. The molecule has 2 rings (SSSR count). The van der Waals surface area contributed by atoms with E-state index in [2.05, 4.69) is 5.32 Å². The average molecular weight is 508 g/mol. The number of nitrogens with zero attached hydrogens (tertiary/aromatic N) is 2. The first-order valence-electron chi connectivity index (χ1n) is 11.5. The van der Waals surface area contributed by atoms with Crippen LogP contribution in [0.25, 0.3) is 0 Å². The van der Waals surface area contributed by atoms with Crippen LogP contribution in [0.5, 0.6) is 5.75 Å². The Balaban J connectivity index is 2.35. The van der Waals surface area contributed by atoms with Crippen LogP contribution in [0.1, 0.15) is 39.7 Å². The highest BCUT2D eigenvalue weighted by atomic mass is 32.2. The van der Waals surface area contributed by atoms with E-state index in [4.69, 9.17) is 4.74 Å². The van der Waals surface area contributed by atoms with Crippen LogP contribution in [-0.4, -0.2) is 56.6 Å². The molecule has 2 amide bonds. The summed E-state index contributed by atoms with van der Waals surface area (Å²) in [6.07, 6.45) is 1.73. The van der Waals surface area contributed by atoms with Gasteiger partial charge < -0.3 is 15.0 Å². The Morgan fingerprint density at radius 2 is 1.63 bits per heavy atom. The van der Waals surface area contributed by atoms with Crippen molar-refractivity contribution in [2.45, 2.75) is 52.7 Å². The number of sulfonamides is 1. The third-order valence-corrected chi connectivity index (χ3v) is 6.69. The quantitative estimate of drug-likeness (QED) is 0.476. The number of carbonyl (C=O) groups is 2. The zero-order chi connectivity index (χ0) is 26.2. The van der Waals surface area contributed by atoms with Gasteiger partial charge in [-0.2, -0.15) is 0 Å². The molecular weight excluding hydrogens is 473 g/mol. The molecular formula is C25H34FN3O5S. The highest BCUT2D eigenvalue weighted by molar-refractivity contribution is 7.92. The van der Waals surface area contributed by atoms with Gasteiger partial charge in [-0.3, -0.25) is 13.9 Å². The number of rotatable bonds is 12. The van der Waals surface area contributed by atoms with Crippen LogP contribution in [0.4, 0.5) is 10.1 Å². The second-order valence-electron chi connectivity index (χ2n) is 8.34. The summed E-state index contributed by atoms with van der Waals surface area (Å²) >= 11 is 0. The van der Waals surface area contributed by atoms with E-state index < -0.39 is 34.3 Å². The van der Waals surface area contributed by atoms with Crippen molar-refractivity contribution in [1.82, 2.24) is 10.2 Å². The summed E-state index contributed by atoms with van der Waals surface area (Å²) in [7, 11) is -3.82. The topological polar surface area (TPSA) is 96.0 Å². The molecule has 0 saturated heterocycles. The maximum absolute atomic E-state index is 13.5. The van der Waals surface area contributed by atoms with Crippen molar-refractivity contribution < 1.29 is 27.1 Å². The predicted octanol–water partition coefficient (Wildman–Crippen LogP) is 3.32. The van der Waals surface area contributed by atoms with Crippen LogP contribution in [-0.2, 0) is 26.2 Å². The molecule has 2 aromatic rings. The van der Waals surface area contributed by atoms with Crippen LogP contribution in [0.3, 0.4) is 0 Å². The molecule has 0 fully saturated rings. The first-order valence-corrected chi connectivity index (χ1v) is 13.4. The minimum absolute atomic E-state index is 0.00901. The molecule has 2 atom stereocenters. The number of hydrogen-bond donors (Lipinski definition) is 1. The zero-order valence-corrected chi connectivity index (χ0v) is 21.6.